The lowest BCUT2D eigenvalue weighted by molar-refractivity contribution is 0.340. The predicted octanol–water partition coefficient (Wildman–Crippen LogP) is 2.54. The summed E-state index contributed by atoms with van der Waals surface area (Å²) in [5, 5.41) is 0. The van der Waals surface area contributed by atoms with Crippen molar-refractivity contribution in [3.05, 3.63) is 53.5 Å². The summed E-state index contributed by atoms with van der Waals surface area (Å²) >= 11 is 0. The molecule has 18 heavy (non-hydrogen) atoms. The minimum Gasteiger partial charge on any atom is -0.494 e. The molecule has 1 heterocycles. The number of nitrogens with two attached hydrogens (primary N) is 1. The van der Waals surface area contributed by atoms with Crippen molar-refractivity contribution in [1.82, 2.24) is 5.43 Å². The maximum atomic E-state index is 5.62. The second-order valence-electron chi connectivity index (χ2n) is 4.09. The van der Waals surface area contributed by atoms with Crippen LogP contribution in [-0.2, 0) is 0 Å². The van der Waals surface area contributed by atoms with Crippen LogP contribution in [0, 0.1) is 6.92 Å². The van der Waals surface area contributed by atoms with Crippen molar-refractivity contribution in [2.45, 2.75) is 19.9 Å². The molecule has 0 bridgehead atoms. The summed E-state index contributed by atoms with van der Waals surface area (Å²) < 4.78 is 10.7. The summed E-state index contributed by atoms with van der Waals surface area (Å²) in [4.78, 5) is 0. The van der Waals surface area contributed by atoms with Gasteiger partial charge in [-0.25, -0.2) is 5.43 Å². The summed E-state index contributed by atoms with van der Waals surface area (Å²) in [5.74, 6) is 7.35. The first-order valence-electron chi connectivity index (χ1n) is 5.98. The van der Waals surface area contributed by atoms with Crippen molar-refractivity contribution in [2.75, 3.05) is 6.61 Å². The lowest BCUT2D eigenvalue weighted by Crippen LogP contribution is -2.28. The van der Waals surface area contributed by atoms with E-state index in [9.17, 15) is 0 Å². The first kappa shape index (κ1) is 12.7. The van der Waals surface area contributed by atoms with E-state index in [0.717, 1.165) is 22.6 Å². The van der Waals surface area contributed by atoms with Crippen molar-refractivity contribution >= 4 is 0 Å². The molecule has 0 amide bonds. The van der Waals surface area contributed by atoms with Gasteiger partial charge in [0.2, 0.25) is 0 Å². The second-order valence-corrected chi connectivity index (χ2v) is 4.09. The van der Waals surface area contributed by atoms with E-state index in [0.29, 0.717) is 6.61 Å². The zero-order chi connectivity index (χ0) is 13.0. The summed E-state index contributed by atoms with van der Waals surface area (Å²) in [6.45, 7) is 4.54. The van der Waals surface area contributed by atoms with Crippen LogP contribution in [0.2, 0.25) is 0 Å². The summed E-state index contributed by atoms with van der Waals surface area (Å²) in [6, 6.07) is 9.78. The molecule has 4 nitrogen and oxygen atoms in total. The largest absolute Gasteiger partial charge is 0.494 e. The van der Waals surface area contributed by atoms with Gasteiger partial charge in [0.25, 0.3) is 0 Å². The molecule has 0 radical (unpaired) electrons. The Labute approximate surface area is 107 Å². The highest BCUT2D eigenvalue weighted by atomic mass is 16.5. The molecular weight excluding hydrogens is 228 g/mol. The standard InChI is InChI=1S/C14H18N2O2/c1-3-17-13-6-4-11(5-7-13)14(16-15)12-8-10(2)18-9-12/h4-9,14,16H,3,15H2,1-2H3. The molecule has 2 aromatic rings. The lowest BCUT2D eigenvalue weighted by Gasteiger charge is -2.15. The van der Waals surface area contributed by atoms with Crippen LogP contribution < -0.4 is 16.0 Å². The van der Waals surface area contributed by atoms with Gasteiger partial charge in [0.1, 0.15) is 11.5 Å². The van der Waals surface area contributed by atoms with Crippen molar-refractivity contribution in [3.63, 3.8) is 0 Å². The Balaban J connectivity index is 2.22. The molecule has 1 aromatic heterocycles. The smallest absolute Gasteiger partial charge is 0.119 e. The Hall–Kier alpha value is -1.78. The summed E-state index contributed by atoms with van der Waals surface area (Å²) in [6.07, 6.45) is 1.72. The molecule has 3 N–H and O–H groups in total. The molecule has 0 saturated heterocycles. The molecular formula is C14H18N2O2. The van der Waals surface area contributed by atoms with Crippen LogP contribution in [0.25, 0.3) is 0 Å². The molecule has 0 saturated carbocycles. The minimum absolute atomic E-state index is 0.0712. The fourth-order valence-electron chi connectivity index (χ4n) is 1.92. The summed E-state index contributed by atoms with van der Waals surface area (Å²) in [7, 11) is 0. The molecule has 1 unspecified atom stereocenters. The van der Waals surface area contributed by atoms with Crippen LogP contribution >= 0.6 is 0 Å². The van der Waals surface area contributed by atoms with Crippen LogP contribution in [-0.4, -0.2) is 6.61 Å². The zero-order valence-corrected chi connectivity index (χ0v) is 10.6. The normalized spacial score (nSPS) is 12.4. The van der Waals surface area contributed by atoms with Crippen LogP contribution in [0.4, 0.5) is 0 Å². The van der Waals surface area contributed by atoms with Gasteiger partial charge >= 0.3 is 0 Å². The van der Waals surface area contributed by atoms with E-state index in [1.165, 1.54) is 0 Å². The lowest BCUT2D eigenvalue weighted by atomic mass is 10.0. The highest BCUT2D eigenvalue weighted by molar-refractivity contribution is 5.34. The van der Waals surface area contributed by atoms with E-state index in [4.69, 9.17) is 15.0 Å². The van der Waals surface area contributed by atoms with E-state index in [-0.39, 0.29) is 6.04 Å². The Kier molecular flexibility index (Phi) is 4.02. The zero-order valence-electron chi connectivity index (χ0n) is 10.6. The third kappa shape index (κ3) is 2.72. The van der Waals surface area contributed by atoms with Crippen LogP contribution in [0.3, 0.4) is 0 Å². The Morgan fingerprint density at radius 1 is 1.28 bits per heavy atom. The van der Waals surface area contributed by atoms with Crippen molar-refractivity contribution in [1.29, 1.82) is 0 Å². The number of rotatable bonds is 5. The first-order valence-corrected chi connectivity index (χ1v) is 5.98. The first-order chi connectivity index (χ1) is 8.74. The van der Waals surface area contributed by atoms with Gasteiger partial charge in [-0.2, -0.15) is 0 Å². The average molecular weight is 246 g/mol. The molecule has 0 fully saturated rings. The topological polar surface area (TPSA) is 60.4 Å². The van der Waals surface area contributed by atoms with Crippen LogP contribution in [0.5, 0.6) is 5.75 Å². The number of nitrogens with one attached hydrogen (secondary N) is 1. The maximum absolute atomic E-state index is 5.62. The number of hydrazine groups is 1. The highest BCUT2D eigenvalue weighted by Crippen LogP contribution is 2.24. The van der Waals surface area contributed by atoms with Crippen LogP contribution in [0.1, 0.15) is 29.9 Å². The van der Waals surface area contributed by atoms with E-state index < -0.39 is 0 Å². The molecule has 96 valence electrons. The molecule has 0 spiro atoms. The van der Waals surface area contributed by atoms with E-state index in [1.807, 2.05) is 44.2 Å². The van der Waals surface area contributed by atoms with Gasteiger partial charge in [-0.1, -0.05) is 12.1 Å². The second kappa shape index (κ2) is 5.71. The van der Waals surface area contributed by atoms with Gasteiger partial charge in [-0.05, 0) is 37.6 Å². The minimum atomic E-state index is -0.0712. The Morgan fingerprint density at radius 2 is 2.00 bits per heavy atom. The highest BCUT2D eigenvalue weighted by Gasteiger charge is 2.14. The van der Waals surface area contributed by atoms with Gasteiger partial charge < -0.3 is 9.15 Å². The van der Waals surface area contributed by atoms with Crippen molar-refractivity contribution in [2.24, 2.45) is 5.84 Å². The number of hydrogen-bond acceptors (Lipinski definition) is 4. The SMILES string of the molecule is CCOc1ccc(C(NN)c2coc(C)c2)cc1. The number of ether oxygens (including phenoxy) is 1. The molecule has 0 aliphatic rings. The Bertz CT molecular complexity index is 491. The molecule has 4 heteroatoms. The van der Waals surface area contributed by atoms with Gasteiger partial charge in [-0.3, -0.25) is 5.84 Å². The number of hydrogen-bond donors (Lipinski definition) is 2. The van der Waals surface area contributed by atoms with E-state index in [1.54, 1.807) is 6.26 Å². The fraction of sp³-hybridized carbons (Fsp3) is 0.286. The Morgan fingerprint density at radius 3 is 2.50 bits per heavy atom. The van der Waals surface area contributed by atoms with Crippen molar-refractivity contribution < 1.29 is 9.15 Å². The van der Waals surface area contributed by atoms with Crippen molar-refractivity contribution in [3.8, 4) is 5.75 Å². The fourth-order valence-corrected chi connectivity index (χ4v) is 1.92. The molecule has 1 atom stereocenters. The average Bonchev–Trinajstić information content (AvgIpc) is 2.79. The summed E-state index contributed by atoms with van der Waals surface area (Å²) in [5.41, 5.74) is 4.88. The van der Waals surface area contributed by atoms with Gasteiger partial charge in [0, 0.05) is 5.56 Å². The number of furan rings is 1. The quantitative estimate of drug-likeness (QED) is 0.628. The molecule has 0 aliphatic heterocycles. The van der Waals surface area contributed by atoms with Gasteiger partial charge in [0.05, 0.1) is 18.9 Å². The van der Waals surface area contributed by atoms with Gasteiger partial charge in [0.15, 0.2) is 0 Å². The number of aryl methyl sites for hydroxylation is 1. The molecule has 2 rings (SSSR count). The third-order valence-electron chi connectivity index (χ3n) is 2.78. The van der Waals surface area contributed by atoms with Gasteiger partial charge in [-0.15, -0.1) is 0 Å². The van der Waals surface area contributed by atoms with Crippen LogP contribution in [0.15, 0.2) is 41.0 Å². The maximum Gasteiger partial charge on any atom is 0.119 e. The molecule has 0 aliphatic carbocycles. The van der Waals surface area contributed by atoms with E-state index in [2.05, 4.69) is 5.43 Å². The van der Waals surface area contributed by atoms with E-state index >= 15 is 0 Å². The third-order valence-corrected chi connectivity index (χ3v) is 2.78. The molecule has 1 aromatic carbocycles. The number of benzene rings is 1. The predicted molar refractivity (Wildman–Crippen MR) is 70.2 cm³/mol. The monoisotopic (exact) mass is 246 g/mol.